The number of aromatic nitrogens is 1. The predicted molar refractivity (Wildman–Crippen MR) is 108 cm³/mol. The highest BCUT2D eigenvalue weighted by Crippen LogP contribution is 2.21. The molecule has 0 radical (unpaired) electrons. The number of nitrogens with one attached hydrogen (secondary N) is 2. The van der Waals surface area contributed by atoms with E-state index in [2.05, 4.69) is 15.6 Å². The largest absolute Gasteiger partial charge is 0.355 e. The number of carbonyl (C=O) groups excluding carboxylic acids is 2. The molecule has 0 unspecified atom stereocenters. The Hall–Kier alpha value is -3.18. The molecule has 0 spiro atoms. The second-order valence-corrected chi connectivity index (χ2v) is 6.54. The van der Waals surface area contributed by atoms with Gasteiger partial charge < -0.3 is 10.6 Å². The van der Waals surface area contributed by atoms with Gasteiger partial charge in [-0.15, -0.1) is 0 Å². The van der Waals surface area contributed by atoms with Crippen molar-refractivity contribution in [2.45, 2.75) is 13.8 Å². The Bertz CT molecular complexity index is 1000. The molecule has 6 heteroatoms. The summed E-state index contributed by atoms with van der Waals surface area (Å²) < 4.78 is 0. The minimum atomic E-state index is -0.309. The van der Waals surface area contributed by atoms with Crippen molar-refractivity contribution < 1.29 is 9.59 Å². The molecule has 5 nitrogen and oxygen atoms in total. The van der Waals surface area contributed by atoms with E-state index < -0.39 is 0 Å². The maximum absolute atomic E-state index is 12.5. The van der Waals surface area contributed by atoms with Gasteiger partial charge in [0.2, 0.25) is 0 Å². The van der Waals surface area contributed by atoms with E-state index in [9.17, 15) is 9.59 Å². The number of hydrogen-bond donors (Lipinski definition) is 2. The fourth-order valence-corrected chi connectivity index (χ4v) is 2.77. The molecule has 0 fully saturated rings. The molecule has 1 amide bonds. The van der Waals surface area contributed by atoms with E-state index in [1.165, 1.54) is 6.92 Å². The van der Waals surface area contributed by atoms with Crippen LogP contribution >= 0.6 is 11.6 Å². The average molecular weight is 380 g/mol. The van der Waals surface area contributed by atoms with Gasteiger partial charge in [0.25, 0.3) is 5.91 Å². The molecular weight excluding hydrogens is 362 g/mol. The van der Waals surface area contributed by atoms with Gasteiger partial charge in [-0.2, -0.15) is 0 Å². The average Bonchev–Trinajstić information content (AvgIpc) is 2.64. The van der Waals surface area contributed by atoms with Gasteiger partial charge in [-0.25, -0.2) is 0 Å². The maximum Gasteiger partial charge on any atom is 0.274 e. The lowest BCUT2D eigenvalue weighted by Crippen LogP contribution is -2.14. The van der Waals surface area contributed by atoms with Crippen LogP contribution in [0.1, 0.15) is 33.3 Å². The van der Waals surface area contributed by atoms with Crippen molar-refractivity contribution in [1.82, 2.24) is 4.98 Å². The molecule has 0 saturated heterocycles. The van der Waals surface area contributed by atoms with Gasteiger partial charge in [0.1, 0.15) is 5.69 Å². The van der Waals surface area contributed by atoms with Crippen LogP contribution in [0.3, 0.4) is 0 Å². The second kappa shape index (κ2) is 8.01. The number of amides is 1. The summed E-state index contributed by atoms with van der Waals surface area (Å²) in [5.74, 6) is -0.294. The fourth-order valence-electron chi connectivity index (χ4n) is 2.54. The summed E-state index contributed by atoms with van der Waals surface area (Å²) in [6.45, 7) is 3.40. The van der Waals surface area contributed by atoms with Crippen molar-refractivity contribution in [3.05, 3.63) is 82.6 Å². The molecule has 2 N–H and O–H groups in total. The van der Waals surface area contributed by atoms with Crippen LogP contribution in [-0.2, 0) is 0 Å². The van der Waals surface area contributed by atoms with Crippen LogP contribution in [0.4, 0.5) is 17.1 Å². The van der Waals surface area contributed by atoms with E-state index in [-0.39, 0.29) is 17.4 Å². The van der Waals surface area contributed by atoms with Gasteiger partial charge in [-0.3, -0.25) is 14.6 Å². The summed E-state index contributed by atoms with van der Waals surface area (Å²) in [6, 6.07) is 15.8. The van der Waals surface area contributed by atoms with Crippen molar-refractivity contribution >= 4 is 40.4 Å². The molecule has 0 aliphatic carbocycles. The smallest absolute Gasteiger partial charge is 0.274 e. The molecule has 0 saturated carbocycles. The molecule has 0 atom stereocenters. The summed E-state index contributed by atoms with van der Waals surface area (Å²) in [5, 5.41) is 6.65. The topological polar surface area (TPSA) is 71.1 Å². The summed E-state index contributed by atoms with van der Waals surface area (Å²) in [7, 11) is 0. The summed E-state index contributed by atoms with van der Waals surface area (Å²) in [4.78, 5) is 28.0. The monoisotopic (exact) mass is 379 g/mol. The third kappa shape index (κ3) is 4.71. The molecule has 1 aromatic heterocycles. The van der Waals surface area contributed by atoms with Gasteiger partial charge in [0.15, 0.2) is 5.78 Å². The van der Waals surface area contributed by atoms with E-state index in [4.69, 9.17) is 11.6 Å². The number of ketones is 1. The summed E-state index contributed by atoms with van der Waals surface area (Å²) >= 11 is 5.94. The molecule has 0 aliphatic rings. The first kappa shape index (κ1) is 18.6. The third-order valence-electron chi connectivity index (χ3n) is 4.01. The van der Waals surface area contributed by atoms with Crippen molar-refractivity contribution in [2.24, 2.45) is 0 Å². The van der Waals surface area contributed by atoms with Crippen molar-refractivity contribution in [3.63, 3.8) is 0 Å². The number of anilines is 3. The minimum absolute atomic E-state index is 0.0157. The Morgan fingerprint density at radius 2 is 1.70 bits per heavy atom. The molecule has 3 aromatic rings. The molecule has 2 aromatic carbocycles. The Morgan fingerprint density at radius 3 is 2.37 bits per heavy atom. The van der Waals surface area contributed by atoms with Gasteiger partial charge in [0, 0.05) is 33.8 Å². The van der Waals surface area contributed by atoms with Gasteiger partial charge in [0.05, 0.1) is 0 Å². The zero-order chi connectivity index (χ0) is 19.4. The van der Waals surface area contributed by atoms with Crippen LogP contribution in [-0.4, -0.2) is 16.7 Å². The minimum Gasteiger partial charge on any atom is -0.355 e. The first-order valence-electron chi connectivity index (χ1n) is 8.34. The molecule has 0 aliphatic heterocycles. The van der Waals surface area contributed by atoms with E-state index in [0.29, 0.717) is 16.3 Å². The Kier molecular flexibility index (Phi) is 5.52. The Morgan fingerprint density at radius 1 is 0.963 bits per heavy atom. The van der Waals surface area contributed by atoms with Crippen LogP contribution in [0.25, 0.3) is 0 Å². The second-order valence-electron chi connectivity index (χ2n) is 6.10. The Labute approximate surface area is 162 Å². The lowest BCUT2D eigenvalue weighted by atomic mass is 10.1. The number of rotatable bonds is 5. The van der Waals surface area contributed by atoms with Crippen LogP contribution in [0.2, 0.25) is 5.02 Å². The number of aryl methyl sites for hydroxylation is 1. The summed E-state index contributed by atoms with van der Waals surface area (Å²) in [5.41, 5.74) is 4.02. The van der Waals surface area contributed by atoms with Gasteiger partial charge in [-0.05, 0) is 74.0 Å². The van der Waals surface area contributed by atoms with E-state index in [1.54, 1.807) is 48.7 Å². The number of halogens is 1. The molecule has 1 heterocycles. The maximum atomic E-state index is 12.5. The number of nitrogens with zero attached hydrogens (tertiary/aromatic N) is 1. The number of Topliss-reactive ketones (excluding diaryl/α,β-unsaturated/α-hetero) is 1. The lowest BCUT2D eigenvalue weighted by molar-refractivity contribution is 0.101. The van der Waals surface area contributed by atoms with Crippen LogP contribution in [0.5, 0.6) is 0 Å². The van der Waals surface area contributed by atoms with E-state index in [1.807, 2.05) is 19.1 Å². The third-order valence-corrected chi connectivity index (χ3v) is 4.24. The van der Waals surface area contributed by atoms with Crippen LogP contribution in [0.15, 0.2) is 60.8 Å². The zero-order valence-corrected chi connectivity index (χ0v) is 15.7. The lowest BCUT2D eigenvalue weighted by Gasteiger charge is -2.10. The molecule has 27 heavy (non-hydrogen) atoms. The predicted octanol–water partition coefficient (Wildman–Crippen LogP) is 5.24. The standard InChI is InChI=1S/C21H18ClN3O2/c1-13-11-16(22)5-8-19(13)25-21(27)20-12-18(9-10-23-20)24-17-6-3-15(4-7-17)14(2)26/h3-12H,1-2H3,(H,23,24)(H,25,27). The normalized spacial score (nSPS) is 10.3. The Balaban J connectivity index is 1.74. The number of carbonyl (C=O) groups is 2. The SMILES string of the molecule is CC(=O)c1ccc(Nc2ccnc(C(=O)Nc3ccc(Cl)cc3C)c2)cc1. The van der Waals surface area contributed by atoms with Crippen molar-refractivity contribution in [2.75, 3.05) is 10.6 Å². The highest BCUT2D eigenvalue weighted by Gasteiger charge is 2.10. The number of hydrogen-bond acceptors (Lipinski definition) is 4. The molecule has 0 bridgehead atoms. The fraction of sp³-hybridized carbons (Fsp3) is 0.0952. The molecule has 3 rings (SSSR count). The van der Waals surface area contributed by atoms with Crippen molar-refractivity contribution in [3.8, 4) is 0 Å². The van der Waals surface area contributed by atoms with E-state index in [0.717, 1.165) is 16.9 Å². The number of pyridine rings is 1. The first-order chi connectivity index (χ1) is 12.9. The first-order valence-corrected chi connectivity index (χ1v) is 8.72. The van der Waals surface area contributed by atoms with Crippen LogP contribution in [0, 0.1) is 6.92 Å². The highest BCUT2D eigenvalue weighted by molar-refractivity contribution is 6.30. The van der Waals surface area contributed by atoms with Gasteiger partial charge >= 0.3 is 0 Å². The quantitative estimate of drug-likeness (QED) is 0.594. The summed E-state index contributed by atoms with van der Waals surface area (Å²) in [6.07, 6.45) is 1.57. The van der Waals surface area contributed by atoms with Crippen molar-refractivity contribution in [1.29, 1.82) is 0 Å². The van der Waals surface area contributed by atoms with E-state index >= 15 is 0 Å². The number of benzene rings is 2. The van der Waals surface area contributed by atoms with Crippen LogP contribution < -0.4 is 10.6 Å². The molecular formula is C21H18ClN3O2. The van der Waals surface area contributed by atoms with Gasteiger partial charge in [-0.1, -0.05) is 11.6 Å². The highest BCUT2D eigenvalue weighted by atomic mass is 35.5. The molecule has 136 valence electrons. The zero-order valence-electron chi connectivity index (χ0n) is 14.9.